The lowest BCUT2D eigenvalue weighted by Crippen LogP contribution is -2.49. The van der Waals surface area contributed by atoms with Crippen molar-refractivity contribution in [1.82, 2.24) is 15.5 Å². The molecule has 0 aliphatic carbocycles. The third-order valence-electron chi connectivity index (χ3n) is 5.00. The summed E-state index contributed by atoms with van der Waals surface area (Å²) in [5.41, 5.74) is 2.55. The van der Waals surface area contributed by atoms with E-state index in [9.17, 15) is 4.79 Å². The molecule has 0 saturated carbocycles. The predicted octanol–water partition coefficient (Wildman–Crippen LogP) is 2.60. The maximum Gasteiger partial charge on any atom is 0.223 e. The highest BCUT2D eigenvalue weighted by Gasteiger charge is 2.28. The molecule has 136 valence electrons. The van der Waals surface area contributed by atoms with Gasteiger partial charge >= 0.3 is 0 Å². The summed E-state index contributed by atoms with van der Waals surface area (Å²) < 4.78 is 0. The molecule has 4 nitrogen and oxygen atoms in total. The highest BCUT2D eigenvalue weighted by atomic mass is 35.5. The van der Waals surface area contributed by atoms with Gasteiger partial charge in [0.15, 0.2) is 0 Å². The number of benzene rings is 1. The molecule has 0 radical (unpaired) electrons. The molecule has 1 aromatic carbocycles. The molecule has 2 heterocycles. The molecule has 1 atom stereocenters. The van der Waals surface area contributed by atoms with Gasteiger partial charge in [0.1, 0.15) is 0 Å². The molecule has 1 aromatic rings. The highest BCUT2D eigenvalue weighted by molar-refractivity contribution is 5.85. The van der Waals surface area contributed by atoms with Crippen molar-refractivity contribution in [2.24, 2.45) is 11.8 Å². The van der Waals surface area contributed by atoms with E-state index >= 15 is 0 Å². The summed E-state index contributed by atoms with van der Waals surface area (Å²) in [6, 6.07) is 8.62. The Labute approximate surface area is 157 Å². The molecule has 1 unspecified atom stereocenters. The van der Waals surface area contributed by atoms with Crippen LogP contribution in [-0.4, -0.2) is 37.0 Å². The topological polar surface area (TPSA) is 44.4 Å². The Balaban J connectivity index is 0.00000144. The molecule has 1 amide bonds. The van der Waals surface area contributed by atoms with Crippen molar-refractivity contribution in [3.63, 3.8) is 0 Å². The standard InChI is InChI=1S/C18H27N3O.2ClH/c1-14(17-11-19-12-17)18(22)20-10-15-5-4-6-16(9-15)13-21-7-2-3-8-21;;/h4-6,9,14,17,19H,2-3,7-8,10-13H2,1H3,(H,20,22);2*1H. The van der Waals surface area contributed by atoms with Gasteiger partial charge in [0.2, 0.25) is 5.91 Å². The summed E-state index contributed by atoms with van der Waals surface area (Å²) in [6.07, 6.45) is 2.65. The predicted molar refractivity (Wildman–Crippen MR) is 103 cm³/mol. The van der Waals surface area contributed by atoms with E-state index in [1.807, 2.05) is 6.92 Å². The first-order valence-corrected chi connectivity index (χ1v) is 8.51. The lowest BCUT2D eigenvalue weighted by atomic mass is 9.88. The van der Waals surface area contributed by atoms with Crippen LogP contribution < -0.4 is 10.6 Å². The van der Waals surface area contributed by atoms with E-state index < -0.39 is 0 Å². The van der Waals surface area contributed by atoms with Crippen LogP contribution in [0.15, 0.2) is 24.3 Å². The summed E-state index contributed by atoms with van der Waals surface area (Å²) >= 11 is 0. The van der Waals surface area contributed by atoms with Crippen molar-refractivity contribution < 1.29 is 4.79 Å². The Kier molecular flexibility index (Phi) is 9.06. The number of amides is 1. The fraction of sp³-hybridized carbons (Fsp3) is 0.611. The second-order valence-electron chi connectivity index (χ2n) is 6.73. The number of likely N-dealkylation sites (tertiary alicyclic amines) is 1. The second-order valence-corrected chi connectivity index (χ2v) is 6.73. The number of nitrogens with one attached hydrogen (secondary N) is 2. The van der Waals surface area contributed by atoms with E-state index in [4.69, 9.17) is 0 Å². The number of rotatable bonds is 6. The quantitative estimate of drug-likeness (QED) is 0.805. The van der Waals surface area contributed by atoms with Crippen LogP contribution in [0.4, 0.5) is 0 Å². The van der Waals surface area contributed by atoms with Gasteiger partial charge in [-0.2, -0.15) is 0 Å². The van der Waals surface area contributed by atoms with Crippen molar-refractivity contribution in [3.8, 4) is 0 Å². The molecule has 2 aliphatic rings. The summed E-state index contributed by atoms with van der Waals surface area (Å²) in [5.74, 6) is 0.784. The summed E-state index contributed by atoms with van der Waals surface area (Å²) in [6.45, 7) is 8.08. The van der Waals surface area contributed by atoms with Crippen molar-refractivity contribution >= 4 is 30.7 Å². The Hall–Kier alpha value is -0.810. The molecule has 2 N–H and O–H groups in total. The monoisotopic (exact) mass is 373 g/mol. The van der Waals surface area contributed by atoms with Gasteiger partial charge in [0.05, 0.1) is 0 Å². The fourth-order valence-corrected chi connectivity index (χ4v) is 3.27. The molecule has 2 fully saturated rings. The van der Waals surface area contributed by atoms with Crippen molar-refractivity contribution in [2.45, 2.75) is 32.9 Å². The first-order valence-electron chi connectivity index (χ1n) is 8.51. The van der Waals surface area contributed by atoms with Crippen molar-refractivity contribution in [1.29, 1.82) is 0 Å². The molecule has 2 saturated heterocycles. The molecule has 0 spiro atoms. The molecule has 24 heavy (non-hydrogen) atoms. The summed E-state index contributed by atoms with van der Waals surface area (Å²) in [4.78, 5) is 14.7. The molecule has 2 aliphatic heterocycles. The molecule has 0 bridgehead atoms. The van der Waals surface area contributed by atoms with Crippen LogP contribution in [0.25, 0.3) is 0 Å². The van der Waals surface area contributed by atoms with E-state index in [0.717, 1.165) is 19.6 Å². The fourth-order valence-electron chi connectivity index (χ4n) is 3.27. The summed E-state index contributed by atoms with van der Waals surface area (Å²) in [7, 11) is 0. The SMILES string of the molecule is CC(C(=O)NCc1cccc(CN2CCCC2)c1)C1CNC1.Cl.Cl. The maximum absolute atomic E-state index is 12.2. The molecular weight excluding hydrogens is 345 g/mol. The Morgan fingerprint density at radius 1 is 1.25 bits per heavy atom. The van der Waals surface area contributed by atoms with Gasteiger partial charge in [0.25, 0.3) is 0 Å². The number of nitrogens with zero attached hydrogens (tertiary/aromatic N) is 1. The van der Waals surface area contributed by atoms with Gasteiger partial charge in [-0.1, -0.05) is 31.2 Å². The van der Waals surface area contributed by atoms with Crippen LogP contribution in [0.1, 0.15) is 30.9 Å². The molecule has 3 rings (SSSR count). The van der Waals surface area contributed by atoms with Crippen LogP contribution in [0.2, 0.25) is 0 Å². The first-order chi connectivity index (χ1) is 10.7. The van der Waals surface area contributed by atoms with Gasteiger partial charge in [0, 0.05) is 19.0 Å². The number of carbonyl (C=O) groups excluding carboxylic acids is 1. The third kappa shape index (κ3) is 5.62. The van der Waals surface area contributed by atoms with Gasteiger partial charge in [-0.15, -0.1) is 24.8 Å². The first kappa shape index (κ1) is 21.2. The maximum atomic E-state index is 12.2. The van der Waals surface area contributed by atoms with Crippen LogP contribution >= 0.6 is 24.8 Å². The van der Waals surface area contributed by atoms with Gasteiger partial charge < -0.3 is 10.6 Å². The largest absolute Gasteiger partial charge is 0.352 e. The number of halogens is 2. The lowest BCUT2D eigenvalue weighted by molar-refractivity contribution is -0.126. The minimum absolute atomic E-state index is 0. The van der Waals surface area contributed by atoms with E-state index in [-0.39, 0.29) is 36.6 Å². The van der Waals surface area contributed by atoms with Crippen LogP contribution in [0, 0.1) is 11.8 Å². The van der Waals surface area contributed by atoms with Crippen molar-refractivity contribution in [2.75, 3.05) is 26.2 Å². The van der Waals surface area contributed by atoms with Gasteiger partial charge in [-0.3, -0.25) is 9.69 Å². The molecule has 6 heteroatoms. The number of carbonyl (C=O) groups is 1. The average Bonchev–Trinajstić information content (AvgIpc) is 2.96. The van der Waals surface area contributed by atoms with E-state index in [2.05, 4.69) is 39.8 Å². The second kappa shape index (κ2) is 10.2. The minimum Gasteiger partial charge on any atom is -0.352 e. The van der Waals surface area contributed by atoms with Crippen LogP contribution in [0.3, 0.4) is 0 Å². The lowest BCUT2D eigenvalue weighted by Gasteiger charge is -2.31. The zero-order valence-corrected chi connectivity index (χ0v) is 15.9. The smallest absolute Gasteiger partial charge is 0.223 e. The van der Waals surface area contributed by atoms with Crippen LogP contribution in [0.5, 0.6) is 0 Å². The Morgan fingerprint density at radius 3 is 2.54 bits per heavy atom. The Bertz CT molecular complexity index is 517. The average molecular weight is 374 g/mol. The molecule has 0 aromatic heterocycles. The van der Waals surface area contributed by atoms with E-state index in [0.29, 0.717) is 12.5 Å². The normalized spacial score (nSPS) is 18.9. The van der Waals surface area contributed by atoms with Gasteiger partial charge in [-0.05, 0) is 56.1 Å². The molecular formula is C18H29Cl2N3O. The summed E-state index contributed by atoms with van der Waals surface area (Å²) in [5, 5.41) is 6.32. The zero-order valence-electron chi connectivity index (χ0n) is 14.3. The zero-order chi connectivity index (χ0) is 15.4. The highest BCUT2D eigenvalue weighted by Crippen LogP contribution is 2.17. The number of hydrogen-bond donors (Lipinski definition) is 2. The Morgan fingerprint density at radius 2 is 1.92 bits per heavy atom. The van der Waals surface area contributed by atoms with Crippen molar-refractivity contribution in [3.05, 3.63) is 35.4 Å². The van der Waals surface area contributed by atoms with Gasteiger partial charge in [-0.25, -0.2) is 0 Å². The minimum atomic E-state index is 0. The van der Waals surface area contributed by atoms with E-state index in [1.54, 1.807) is 0 Å². The number of hydrogen-bond acceptors (Lipinski definition) is 3. The van der Waals surface area contributed by atoms with E-state index in [1.165, 1.54) is 37.1 Å². The van der Waals surface area contributed by atoms with Crippen LogP contribution in [-0.2, 0) is 17.9 Å². The third-order valence-corrected chi connectivity index (χ3v) is 5.00.